The average Bonchev–Trinajstić information content (AvgIpc) is 3.01. The van der Waals surface area contributed by atoms with E-state index in [1.807, 2.05) is 0 Å². The number of rotatable bonds is 33. The number of hydrogen-bond acceptors (Lipinski definition) is 6. The summed E-state index contributed by atoms with van der Waals surface area (Å²) in [4.78, 5) is 14.7. The lowest BCUT2D eigenvalue weighted by molar-refractivity contribution is -0.140. The van der Waals surface area contributed by atoms with E-state index in [1.165, 1.54) is 122 Å². The van der Waals surface area contributed by atoms with Gasteiger partial charge in [0.1, 0.15) is 24.4 Å². The maximum atomic E-state index is 13.1. The molecule has 4 atom stereocenters. The number of nitrogens with zero attached hydrogens (tertiary/aromatic N) is 1. The topological polar surface area (TPSA) is 121 Å². The number of amides is 1. The molecule has 0 aromatic rings. The van der Waals surface area contributed by atoms with Gasteiger partial charge >= 0.3 is 0 Å². The van der Waals surface area contributed by atoms with Crippen LogP contribution in [0.15, 0.2) is 0 Å². The van der Waals surface area contributed by atoms with Crippen LogP contribution in [0.3, 0.4) is 0 Å². The first-order valence-corrected chi connectivity index (χ1v) is 18.5. The molecule has 0 saturated heterocycles. The Morgan fingerprint density at radius 3 is 1.19 bits per heavy atom. The van der Waals surface area contributed by atoms with E-state index in [2.05, 4.69) is 13.8 Å². The number of hydrogen-bond donors (Lipinski definition) is 5. The van der Waals surface area contributed by atoms with Crippen LogP contribution in [0.2, 0.25) is 0 Å². The fourth-order valence-corrected chi connectivity index (χ4v) is 5.81. The Hall–Kier alpha value is -0.730. The Bertz CT molecular complexity index is 592. The zero-order chi connectivity index (χ0) is 32.0. The van der Waals surface area contributed by atoms with Gasteiger partial charge in [0.05, 0.1) is 6.61 Å². The molecular formula is C36H73NO6. The van der Waals surface area contributed by atoms with E-state index >= 15 is 0 Å². The Morgan fingerprint density at radius 1 is 0.488 bits per heavy atom. The number of aliphatic hydroxyl groups excluding tert-OH is 5. The average molecular weight is 616 g/mol. The standard InChI is InChI=1S/C36H73NO6/c1-3-5-7-9-11-13-15-16-17-19-21-23-25-27-29-37(30-32(39)35(42)36(43)33(40)31-38)34(41)28-26-24-22-20-18-14-12-10-8-6-4-2/h32-33,35-36,38-40,42-43H,3-31H2,1-2H3/t32-,33+,35+,36+/m0/s1. The second-order valence-corrected chi connectivity index (χ2v) is 13.0. The molecule has 0 aromatic heterocycles. The summed E-state index contributed by atoms with van der Waals surface area (Å²) in [5.41, 5.74) is 0. The lowest BCUT2D eigenvalue weighted by Crippen LogP contribution is -2.50. The summed E-state index contributed by atoms with van der Waals surface area (Å²) in [5.74, 6) is -0.0333. The van der Waals surface area contributed by atoms with Crippen LogP contribution in [0.4, 0.5) is 0 Å². The normalized spacial score (nSPS) is 14.5. The first kappa shape index (κ1) is 42.3. The van der Waals surface area contributed by atoms with Gasteiger partial charge in [-0.15, -0.1) is 0 Å². The predicted octanol–water partition coefficient (Wildman–Crippen LogP) is 7.43. The van der Waals surface area contributed by atoms with E-state index in [9.17, 15) is 25.2 Å². The first-order chi connectivity index (χ1) is 20.9. The van der Waals surface area contributed by atoms with E-state index in [-0.39, 0.29) is 12.5 Å². The molecule has 0 unspecified atom stereocenters. The van der Waals surface area contributed by atoms with Crippen LogP contribution >= 0.6 is 0 Å². The molecule has 0 radical (unpaired) electrons. The van der Waals surface area contributed by atoms with Gasteiger partial charge in [-0.25, -0.2) is 0 Å². The summed E-state index contributed by atoms with van der Waals surface area (Å²) in [6.07, 6.45) is 25.1. The van der Waals surface area contributed by atoms with Crippen molar-refractivity contribution in [1.29, 1.82) is 0 Å². The fourth-order valence-electron chi connectivity index (χ4n) is 5.81. The van der Waals surface area contributed by atoms with Gasteiger partial charge in [0, 0.05) is 19.5 Å². The highest BCUT2D eigenvalue weighted by atomic mass is 16.4. The summed E-state index contributed by atoms with van der Waals surface area (Å²) < 4.78 is 0. The van der Waals surface area contributed by atoms with E-state index < -0.39 is 31.0 Å². The molecule has 0 rings (SSSR count). The quantitative estimate of drug-likeness (QED) is 0.0490. The molecule has 0 aliphatic heterocycles. The Morgan fingerprint density at radius 2 is 0.814 bits per heavy atom. The third-order valence-corrected chi connectivity index (χ3v) is 8.86. The number of carbonyl (C=O) groups is 1. The lowest BCUT2D eigenvalue weighted by atomic mass is 10.0. The van der Waals surface area contributed by atoms with Crippen LogP contribution in [-0.4, -0.2) is 80.5 Å². The minimum atomic E-state index is -1.68. The maximum absolute atomic E-state index is 13.1. The Kier molecular flexibility index (Phi) is 30.7. The van der Waals surface area contributed by atoms with Gasteiger partial charge in [-0.05, 0) is 12.8 Å². The third-order valence-electron chi connectivity index (χ3n) is 8.86. The van der Waals surface area contributed by atoms with Gasteiger partial charge < -0.3 is 30.4 Å². The monoisotopic (exact) mass is 616 g/mol. The lowest BCUT2D eigenvalue weighted by Gasteiger charge is -2.30. The number of unbranched alkanes of at least 4 members (excludes halogenated alkanes) is 23. The second-order valence-electron chi connectivity index (χ2n) is 13.0. The van der Waals surface area contributed by atoms with Gasteiger partial charge in [0.15, 0.2) is 0 Å². The van der Waals surface area contributed by atoms with E-state index in [0.29, 0.717) is 13.0 Å². The van der Waals surface area contributed by atoms with E-state index in [4.69, 9.17) is 5.11 Å². The van der Waals surface area contributed by atoms with Crippen molar-refractivity contribution in [3.63, 3.8) is 0 Å². The van der Waals surface area contributed by atoms with Crippen LogP contribution in [0.5, 0.6) is 0 Å². The molecule has 0 heterocycles. The molecule has 0 fully saturated rings. The Labute approximate surface area is 265 Å². The van der Waals surface area contributed by atoms with Crippen LogP contribution in [0.1, 0.15) is 181 Å². The maximum Gasteiger partial charge on any atom is 0.222 e. The van der Waals surface area contributed by atoms with Gasteiger partial charge in [-0.2, -0.15) is 0 Å². The van der Waals surface area contributed by atoms with Gasteiger partial charge in [0.25, 0.3) is 0 Å². The molecule has 0 aliphatic rings. The zero-order valence-electron chi connectivity index (χ0n) is 28.4. The molecule has 0 aromatic carbocycles. The largest absolute Gasteiger partial charge is 0.394 e. The molecule has 0 bridgehead atoms. The van der Waals surface area contributed by atoms with Crippen molar-refractivity contribution in [2.24, 2.45) is 0 Å². The summed E-state index contributed by atoms with van der Waals surface area (Å²) in [6.45, 7) is 4.20. The van der Waals surface area contributed by atoms with E-state index in [1.54, 1.807) is 4.90 Å². The molecule has 1 amide bonds. The molecule has 0 aliphatic carbocycles. The smallest absolute Gasteiger partial charge is 0.222 e. The van der Waals surface area contributed by atoms with Crippen LogP contribution in [0.25, 0.3) is 0 Å². The zero-order valence-corrected chi connectivity index (χ0v) is 28.4. The first-order valence-electron chi connectivity index (χ1n) is 18.5. The summed E-state index contributed by atoms with van der Waals surface area (Å²) in [6, 6.07) is 0. The van der Waals surface area contributed by atoms with Crippen molar-refractivity contribution in [2.75, 3.05) is 19.7 Å². The SMILES string of the molecule is CCCCCCCCCCCCCCCCN(C[C@H](O)[C@@H](O)[C@H](O)[C@H](O)CO)C(=O)CCCCCCCCCCCCC. The summed E-state index contributed by atoms with van der Waals surface area (Å²) in [7, 11) is 0. The van der Waals surface area contributed by atoms with Crippen LogP contribution in [-0.2, 0) is 4.79 Å². The second kappa shape index (κ2) is 31.3. The molecular weight excluding hydrogens is 542 g/mol. The molecule has 43 heavy (non-hydrogen) atoms. The molecule has 7 nitrogen and oxygen atoms in total. The third kappa shape index (κ3) is 25.2. The van der Waals surface area contributed by atoms with Gasteiger partial charge in [0.2, 0.25) is 5.91 Å². The summed E-state index contributed by atoms with van der Waals surface area (Å²) >= 11 is 0. The van der Waals surface area contributed by atoms with E-state index in [0.717, 1.165) is 38.5 Å². The Balaban J connectivity index is 4.33. The fraction of sp³-hybridized carbons (Fsp3) is 0.972. The minimum absolute atomic E-state index is 0.0333. The van der Waals surface area contributed by atoms with Crippen molar-refractivity contribution in [3.05, 3.63) is 0 Å². The van der Waals surface area contributed by atoms with Gasteiger partial charge in [-0.1, -0.05) is 162 Å². The van der Waals surface area contributed by atoms with Crippen molar-refractivity contribution in [1.82, 2.24) is 4.90 Å². The minimum Gasteiger partial charge on any atom is -0.394 e. The highest BCUT2D eigenvalue weighted by molar-refractivity contribution is 5.76. The van der Waals surface area contributed by atoms with Crippen LogP contribution in [0, 0.1) is 0 Å². The summed E-state index contributed by atoms with van der Waals surface area (Å²) in [5, 5.41) is 49.5. The van der Waals surface area contributed by atoms with Crippen molar-refractivity contribution < 1.29 is 30.3 Å². The predicted molar refractivity (Wildman–Crippen MR) is 179 cm³/mol. The number of carbonyl (C=O) groups excluding carboxylic acids is 1. The molecule has 7 heteroatoms. The van der Waals surface area contributed by atoms with Crippen molar-refractivity contribution in [2.45, 2.75) is 205 Å². The van der Waals surface area contributed by atoms with Gasteiger partial charge in [-0.3, -0.25) is 4.79 Å². The van der Waals surface area contributed by atoms with Crippen molar-refractivity contribution in [3.8, 4) is 0 Å². The highest BCUT2D eigenvalue weighted by Crippen LogP contribution is 2.16. The van der Waals surface area contributed by atoms with Crippen LogP contribution < -0.4 is 0 Å². The molecule has 0 spiro atoms. The molecule has 5 N–H and O–H groups in total. The molecule has 258 valence electrons. The number of aliphatic hydroxyl groups is 5. The highest BCUT2D eigenvalue weighted by Gasteiger charge is 2.31. The van der Waals surface area contributed by atoms with Crippen molar-refractivity contribution >= 4 is 5.91 Å². The molecule has 0 saturated carbocycles.